The fourth-order valence-electron chi connectivity index (χ4n) is 2.81. The molecule has 0 aromatic carbocycles. The van der Waals surface area contributed by atoms with Crippen molar-refractivity contribution in [3.63, 3.8) is 0 Å². The van der Waals surface area contributed by atoms with Crippen LogP contribution in [0.5, 0.6) is 0 Å². The van der Waals surface area contributed by atoms with E-state index in [9.17, 15) is 9.00 Å². The molecule has 1 N–H and O–H groups in total. The average Bonchev–Trinajstić information content (AvgIpc) is 2.86. The Bertz CT molecular complexity index is 830. The van der Waals surface area contributed by atoms with Gasteiger partial charge in [0.2, 0.25) is 5.95 Å². The molecule has 3 rings (SSSR count). The van der Waals surface area contributed by atoms with Gasteiger partial charge < -0.3 is 4.90 Å². The molecule has 1 unspecified atom stereocenters. The second kappa shape index (κ2) is 5.15. The third kappa shape index (κ3) is 2.80. The zero-order valence-corrected chi connectivity index (χ0v) is 15.0. The summed E-state index contributed by atoms with van der Waals surface area (Å²) < 4.78 is 13.5. The largest absolute Gasteiger partial charge is 0.340 e. The molecule has 1 fully saturated rings. The molecule has 23 heavy (non-hydrogen) atoms. The Kier molecular flexibility index (Phi) is 3.62. The maximum atomic E-state index is 12.4. The highest BCUT2D eigenvalue weighted by Gasteiger charge is 2.34. The molecule has 0 aliphatic carbocycles. The number of H-pyrrole nitrogens is 1. The molecule has 8 heteroatoms. The first-order chi connectivity index (χ1) is 10.6. The van der Waals surface area contributed by atoms with Crippen LogP contribution in [0.15, 0.2) is 11.0 Å². The van der Waals surface area contributed by atoms with E-state index in [0.29, 0.717) is 35.8 Å². The van der Waals surface area contributed by atoms with Crippen LogP contribution in [0.25, 0.3) is 11.0 Å². The van der Waals surface area contributed by atoms with Crippen molar-refractivity contribution in [2.24, 2.45) is 0 Å². The van der Waals surface area contributed by atoms with Crippen molar-refractivity contribution in [3.8, 4) is 0 Å². The van der Waals surface area contributed by atoms with Crippen LogP contribution >= 0.6 is 0 Å². The zero-order valence-electron chi connectivity index (χ0n) is 14.2. The van der Waals surface area contributed by atoms with Gasteiger partial charge in [-0.25, -0.2) is 4.68 Å². The van der Waals surface area contributed by atoms with Gasteiger partial charge in [0.1, 0.15) is 5.39 Å². The van der Waals surface area contributed by atoms with Gasteiger partial charge >= 0.3 is 0 Å². The Morgan fingerprint density at radius 3 is 2.65 bits per heavy atom. The highest BCUT2D eigenvalue weighted by molar-refractivity contribution is 7.86. The number of fused-ring (bicyclic) bond motifs is 1. The highest BCUT2D eigenvalue weighted by atomic mass is 32.2. The molecule has 0 saturated carbocycles. The van der Waals surface area contributed by atoms with Crippen molar-refractivity contribution in [3.05, 3.63) is 16.6 Å². The predicted octanol–water partition coefficient (Wildman–Crippen LogP) is 1.22. The molecule has 0 amide bonds. The van der Waals surface area contributed by atoms with Gasteiger partial charge in [-0.2, -0.15) is 10.1 Å². The maximum absolute atomic E-state index is 12.4. The summed E-state index contributed by atoms with van der Waals surface area (Å²) in [4.78, 5) is 21.9. The first-order valence-electron chi connectivity index (χ1n) is 7.71. The van der Waals surface area contributed by atoms with Crippen molar-refractivity contribution in [2.45, 2.75) is 44.9 Å². The minimum absolute atomic E-state index is 0.190. The molecule has 1 aliphatic heterocycles. The van der Waals surface area contributed by atoms with Crippen molar-refractivity contribution >= 4 is 27.8 Å². The second-order valence-electron chi connectivity index (χ2n) is 7.58. The molecule has 126 valence electrons. The molecule has 7 nitrogen and oxygen atoms in total. The average molecular weight is 337 g/mol. The normalized spacial score (nSPS) is 21.8. The lowest BCUT2D eigenvalue weighted by Gasteiger charge is -2.37. The summed E-state index contributed by atoms with van der Waals surface area (Å²) in [6.07, 6.45) is 1.56. The Morgan fingerprint density at radius 1 is 1.35 bits per heavy atom. The monoisotopic (exact) mass is 337 g/mol. The fraction of sp³-hybridized carbons (Fsp3) is 0.667. The number of rotatable bonds is 1. The van der Waals surface area contributed by atoms with Crippen LogP contribution in [-0.2, 0) is 16.3 Å². The summed E-state index contributed by atoms with van der Waals surface area (Å²) in [5, 5.41) is 4.81. The number of hydrogen-bond acceptors (Lipinski definition) is 5. The van der Waals surface area contributed by atoms with Gasteiger partial charge in [0, 0.05) is 29.6 Å². The van der Waals surface area contributed by atoms with E-state index in [2.05, 4.69) is 15.1 Å². The first-order valence-corrected chi connectivity index (χ1v) is 9.03. The number of hydrogen-bond donors (Lipinski definition) is 1. The number of aromatic nitrogens is 4. The SMILES string of the molecule is CC(C)(C)n1ncc2c(=O)[nH]c(N3CCS(=O)C(C)(C)C3)nc21. The van der Waals surface area contributed by atoms with Crippen LogP contribution in [0.2, 0.25) is 0 Å². The van der Waals surface area contributed by atoms with Gasteiger partial charge in [0.05, 0.1) is 16.5 Å². The lowest BCUT2D eigenvalue weighted by molar-refractivity contribution is 0.366. The molecule has 2 aromatic heterocycles. The lowest BCUT2D eigenvalue weighted by atomic mass is 10.1. The van der Waals surface area contributed by atoms with Gasteiger partial charge in [-0.1, -0.05) is 0 Å². The standard InChI is InChI=1S/C15H23N5O2S/c1-14(2,3)20-11-10(8-16-20)12(21)18-13(17-11)19-6-7-23(22)15(4,5)9-19/h8H,6-7,9H2,1-5H3,(H,17,18,21). The summed E-state index contributed by atoms with van der Waals surface area (Å²) in [5.74, 6) is 1.10. The number of nitrogens with zero attached hydrogens (tertiary/aromatic N) is 4. The van der Waals surface area contributed by atoms with E-state index in [1.807, 2.05) is 39.5 Å². The van der Waals surface area contributed by atoms with Gasteiger partial charge in [-0.15, -0.1) is 0 Å². The topological polar surface area (TPSA) is 83.9 Å². The van der Waals surface area contributed by atoms with Crippen LogP contribution in [-0.4, -0.2) is 47.5 Å². The fourth-order valence-corrected chi connectivity index (χ4v) is 4.05. The highest BCUT2D eigenvalue weighted by Crippen LogP contribution is 2.24. The zero-order chi connectivity index (χ0) is 17.0. The first kappa shape index (κ1) is 16.2. The third-order valence-electron chi connectivity index (χ3n) is 4.10. The van der Waals surface area contributed by atoms with E-state index < -0.39 is 10.8 Å². The van der Waals surface area contributed by atoms with Gasteiger partial charge in [0.25, 0.3) is 5.56 Å². The molecule has 3 heterocycles. The van der Waals surface area contributed by atoms with E-state index >= 15 is 0 Å². The Hall–Kier alpha value is -1.70. The van der Waals surface area contributed by atoms with E-state index in [0.717, 1.165) is 0 Å². The van der Waals surface area contributed by atoms with Gasteiger partial charge in [-0.05, 0) is 34.6 Å². The summed E-state index contributed by atoms with van der Waals surface area (Å²) >= 11 is 0. The van der Waals surface area contributed by atoms with Crippen LogP contribution in [0.1, 0.15) is 34.6 Å². The Balaban J connectivity index is 2.09. The summed E-state index contributed by atoms with van der Waals surface area (Å²) in [5.41, 5.74) is 0.133. The van der Waals surface area contributed by atoms with Crippen molar-refractivity contribution in [1.82, 2.24) is 19.7 Å². The quantitative estimate of drug-likeness (QED) is 0.846. The molecule has 1 aliphatic rings. The molecule has 0 bridgehead atoms. The van der Waals surface area contributed by atoms with E-state index in [1.54, 1.807) is 10.9 Å². The number of anilines is 1. The molecule has 1 saturated heterocycles. The Morgan fingerprint density at radius 2 is 2.04 bits per heavy atom. The molecular weight excluding hydrogens is 314 g/mol. The lowest BCUT2D eigenvalue weighted by Crippen LogP contribution is -2.51. The minimum Gasteiger partial charge on any atom is -0.340 e. The molecule has 0 spiro atoms. The molecule has 0 radical (unpaired) electrons. The van der Waals surface area contributed by atoms with Crippen molar-refractivity contribution in [1.29, 1.82) is 0 Å². The smallest absolute Gasteiger partial charge is 0.263 e. The van der Waals surface area contributed by atoms with E-state index in [-0.39, 0.29) is 15.8 Å². The molecule has 2 aromatic rings. The number of nitrogens with one attached hydrogen (secondary N) is 1. The van der Waals surface area contributed by atoms with Crippen molar-refractivity contribution in [2.75, 3.05) is 23.7 Å². The molecule has 1 atom stereocenters. The maximum Gasteiger partial charge on any atom is 0.263 e. The predicted molar refractivity (Wildman–Crippen MR) is 92.4 cm³/mol. The van der Waals surface area contributed by atoms with Gasteiger partial charge in [0.15, 0.2) is 5.65 Å². The van der Waals surface area contributed by atoms with Crippen LogP contribution in [0.3, 0.4) is 0 Å². The third-order valence-corrected chi connectivity index (χ3v) is 6.01. The van der Waals surface area contributed by atoms with E-state index in [4.69, 9.17) is 0 Å². The van der Waals surface area contributed by atoms with E-state index in [1.165, 1.54) is 0 Å². The Labute approximate surface area is 137 Å². The number of aromatic amines is 1. The van der Waals surface area contributed by atoms with Crippen molar-refractivity contribution < 1.29 is 4.21 Å². The van der Waals surface area contributed by atoms with Crippen LogP contribution < -0.4 is 10.5 Å². The summed E-state index contributed by atoms with van der Waals surface area (Å²) in [6.45, 7) is 11.2. The van der Waals surface area contributed by atoms with Crippen LogP contribution in [0, 0.1) is 0 Å². The minimum atomic E-state index is -0.867. The van der Waals surface area contributed by atoms with Gasteiger partial charge in [-0.3, -0.25) is 14.0 Å². The molecular formula is C15H23N5O2S. The van der Waals surface area contributed by atoms with Crippen LogP contribution in [0.4, 0.5) is 5.95 Å². The summed E-state index contributed by atoms with van der Waals surface area (Å²) in [6, 6.07) is 0. The second-order valence-corrected chi connectivity index (χ2v) is 9.79. The summed E-state index contributed by atoms with van der Waals surface area (Å²) in [7, 11) is -0.867.